The Morgan fingerprint density at radius 3 is 2.67 bits per heavy atom. The van der Waals surface area contributed by atoms with E-state index in [0.29, 0.717) is 22.5 Å². The summed E-state index contributed by atoms with van der Waals surface area (Å²) in [6.07, 6.45) is 1.62. The van der Waals surface area contributed by atoms with Crippen molar-refractivity contribution in [1.82, 2.24) is 4.98 Å². The zero-order valence-electron chi connectivity index (χ0n) is 9.47. The van der Waals surface area contributed by atoms with Gasteiger partial charge in [0.15, 0.2) is 0 Å². The Morgan fingerprint density at radius 2 is 2.00 bits per heavy atom. The Labute approximate surface area is 116 Å². The number of hydrogen-bond donors (Lipinski definition) is 1. The van der Waals surface area contributed by atoms with E-state index >= 15 is 0 Å². The zero-order valence-corrected chi connectivity index (χ0v) is 11.0. The van der Waals surface area contributed by atoms with Gasteiger partial charge in [-0.1, -0.05) is 36.0 Å². The van der Waals surface area contributed by atoms with Crippen LogP contribution in [-0.2, 0) is 6.61 Å². The summed E-state index contributed by atoms with van der Waals surface area (Å²) in [4.78, 5) is 4.42. The lowest BCUT2D eigenvalue weighted by Gasteiger charge is -2.06. The fourth-order valence-corrected chi connectivity index (χ4v) is 1.63. The van der Waals surface area contributed by atoms with Crippen molar-refractivity contribution >= 4 is 28.8 Å². The molecule has 1 heterocycles. The molecule has 0 radical (unpaired) electrons. The molecule has 0 amide bonds. The minimum Gasteiger partial charge on any atom is -0.473 e. The molecule has 3 nitrogen and oxygen atoms in total. The van der Waals surface area contributed by atoms with Crippen molar-refractivity contribution < 1.29 is 4.74 Å². The van der Waals surface area contributed by atoms with Crippen LogP contribution in [-0.4, -0.2) is 9.97 Å². The van der Waals surface area contributed by atoms with E-state index in [1.54, 1.807) is 18.3 Å². The molecule has 0 unspecified atom stereocenters. The first kappa shape index (κ1) is 12.8. The summed E-state index contributed by atoms with van der Waals surface area (Å²) < 4.78 is 5.55. The number of hydrogen-bond acceptors (Lipinski definition) is 3. The van der Waals surface area contributed by atoms with E-state index in [4.69, 9.17) is 34.3 Å². The van der Waals surface area contributed by atoms with E-state index in [1.807, 2.05) is 24.3 Å². The van der Waals surface area contributed by atoms with Crippen molar-refractivity contribution in [2.45, 2.75) is 6.61 Å². The highest BCUT2D eigenvalue weighted by Crippen LogP contribution is 2.13. The maximum absolute atomic E-state index is 5.80. The summed E-state index contributed by atoms with van der Waals surface area (Å²) >= 11 is 10.7. The van der Waals surface area contributed by atoms with E-state index in [-0.39, 0.29) is 0 Å². The molecule has 2 N–H and O–H groups in total. The Balaban J connectivity index is 2.04. The number of halogens is 1. The molecule has 18 heavy (non-hydrogen) atoms. The smallest absolute Gasteiger partial charge is 0.214 e. The van der Waals surface area contributed by atoms with Crippen LogP contribution >= 0.6 is 23.8 Å². The second-order valence-corrected chi connectivity index (χ2v) is 4.54. The highest BCUT2D eigenvalue weighted by atomic mass is 35.5. The maximum atomic E-state index is 5.80. The van der Waals surface area contributed by atoms with Crippen LogP contribution in [0.15, 0.2) is 42.6 Å². The fraction of sp³-hybridized carbons (Fsp3) is 0.0769. The summed E-state index contributed by atoms with van der Waals surface area (Å²) in [5.41, 5.74) is 7.30. The molecule has 0 aliphatic rings. The highest BCUT2D eigenvalue weighted by molar-refractivity contribution is 7.80. The van der Waals surface area contributed by atoms with E-state index in [2.05, 4.69) is 4.98 Å². The highest BCUT2D eigenvalue weighted by Gasteiger charge is 2.01. The van der Waals surface area contributed by atoms with Gasteiger partial charge in [0.1, 0.15) is 11.6 Å². The van der Waals surface area contributed by atoms with Crippen molar-refractivity contribution in [3.8, 4) is 5.88 Å². The van der Waals surface area contributed by atoms with Crippen molar-refractivity contribution in [3.63, 3.8) is 0 Å². The second-order valence-electron chi connectivity index (χ2n) is 3.66. The lowest BCUT2D eigenvalue weighted by atomic mass is 10.2. The molecule has 0 saturated carbocycles. The maximum Gasteiger partial charge on any atom is 0.214 e. The molecular formula is C13H11ClN2OS. The molecule has 1 aromatic heterocycles. The third kappa shape index (κ3) is 3.42. The first-order chi connectivity index (χ1) is 8.65. The van der Waals surface area contributed by atoms with E-state index in [9.17, 15) is 0 Å². The van der Waals surface area contributed by atoms with Crippen molar-refractivity contribution in [1.29, 1.82) is 0 Å². The predicted molar refractivity (Wildman–Crippen MR) is 75.9 cm³/mol. The Hall–Kier alpha value is -1.65. The summed E-state index contributed by atoms with van der Waals surface area (Å²) in [6.45, 7) is 0.422. The van der Waals surface area contributed by atoms with Gasteiger partial charge in [0.25, 0.3) is 0 Å². The van der Waals surface area contributed by atoms with Gasteiger partial charge in [0, 0.05) is 22.8 Å². The predicted octanol–water partition coefficient (Wildman–Crippen LogP) is 2.95. The molecule has 2 rings (SSSR count). The van der Waals surface area contributed by atoms with Crippen LogP contribution in [0.25, 0.3) is 0 Å². The molecule has 0 bridgehead atoms. The van der Waals surface area contributed by atoms with Crippen molar-refractivity contribution in [2.24, 2.45) is 5.73 Å². The number of thiocarbonyl (C=S) groups is 1. The van der Waals surface area contributed by atoms with Gasteiger partial charge >= 0.3 is 0 Å². The average Bonchev–Trinajstić information content (AvgIpc) is 2.38. The lowest BCUT2D eigenvalue weighted by Crippen LogP contribution is -2.09. The molecule has 2 aromatic rings. The van der Waals surface area contributed by atoms with Crippen LogP contribution in [0.2, 0.25) is 5.02 Å². The van der Waals surface area contributed by atoms with Gasteiger partial charge in [-0.05, 0) is 23.8 Å². The first-order valence-electron chi connectivity index (χ1n) is 5.28. The van der Waals surface area contributed by atoms with E-state index in [1.165, 1.54) is 0 Å². The normalized spacial score (nSPS) is 10.1. The van der Waals surface area contributed by atoms with Crippen molar-refractivity contribution in [3.05, 3.63) is 58.7 Å². The minimum absolute atomic E-state index is 0.328. The number of aromatic nitrogens is 1. The van der Waals surface area contributed by atoms with Crippen LogP contribution in [0.3, 0.4) is 0 Å². The molecule has 1 aromatic carbocycles. The molecule has 5 heteroatoms. The first-order valence-corrected chi connectivity index (χ1v) is 6.07. The molecule has 0 saturated heterocycles. The number of benzene rings is 1. The average molecular weight is 279 g/mol. The van der Waals surface area contributed by atoms with Crippen molar-refractivity contribution in [2.75, 3.05) is 0 Å². The molecule has 0 atom stereocenters. The number of ether oxygens (including phenoxy) is 1. The molecular weight excluding hydrogens is 268 g/mol. The largest absolute Gasteiger partial charge is 0.473 e. The monoisotopic (exact) mass is 278 g/mol. The van der Waals surface area contributed by atoms with Crippen LogP contribution in [0.5, 0.6) is 5.88 Å². The van der Waals surface area contributed by atoms with Crippen LogP contribution < -0.4 is 10.5 Å². The summed E-state index contributed by atoms with van der Waals surface area (Å²) in [5, 5.41) is 0.701. The third-order valence-corrected chi connectivity index (χ3v) is 2.81. The molecule has 0 fully saturated rings. The second kappa shape index (κ2) is 5.80. The Bertz CT molecular complexity index is 557. The number of nitrogens with zero attached hydrogens (tertiary/aromatic N) is 1. The summed E-state index contributed by atoms with van der Waals surface area (Å²) in [6, 6.07) is 10.9. The SMILES string of the molecule is NC(=S)c1ccnc(OCc2ccc(Cl)cc2)c1. The fourth-order valence-electron chi connectivity index (χ4n) is 1.38. The van der Waals surface area contributed by atoms with Gasteiger partial charge in [-0.3, -0.25) is 0 Å². The Kier molecular flexibility index (Phi) is 4.12. The van der Waals surface area contributed by atoms with Gasteiger partial charge in [0.2, 0.25) is 5.88 Å². The van der Waals surface area contributed by atoms with E-state index < -0.39 is 0 Å². The van der Waals surface area contributed by atoms with Gasteiger partial charge < -0.3 is 10.5 Å². The summed E-state index contributed by atoms with van der Waals surface area (Å²) in [5.74, 6) is 0.496. The zero-order chi connectivity index (χ0) is 13.0. The lowest BCUT2D eigenvalue weighted by molar-refractivity contribution is 0.294. The topological polar surface area (TPSA) is 48.1 Å². The minimum atomic E-state index is 0.328. The van der Waals surface area contributed by atoms with Crippen LogP contribution in [0.1, 0.15) is 11.1 Å². The number of rotatable bonds is 4. The quantitative estimate of drug-likeness (QED) is 0.874. The van der Waals surface area contributed by atoms with E-state index in [0.717, 1.165) is 11.1 Å². The standard InChI is InChI=1S/C13H11ClN2OS/c14-11-3-1-9(2-4-11)8-17-12-7-10(13(15)18)5-6-16-12/h1-7H,8H2,(H2,15,18). The molecule has 0 aliphatic carbocycles. The van der Waals surface area contributed by atoms with Crippen LogP contribution in [0.4, 0.5) is 0 Å². The van der Waals surface area contributed by atoms with Gasteiger partial charge in [-0.25, -0.2) is 4.98 Å². The third-order valence-electron chi connectivity index (χ3n) is 2.32. The Morgan fingerprint density at radius 1 is 1.28 bits per heavy atom. The van der Waals surface area contributed by atoms with Crippen LogP contribution in [0, 0.1) is 0 Å². The van der Waals surface area contributed by atoms with Gasteiger partial charge in [-0.2, -0.15) is 0 Å². The molecule has 0 spiro atoms. The number of nitrogens with two attached hydrogens (primary N) is 1. The molecule has 92 valence electrons. The molecule has 0 aliphatic heterocycles. The van der Waals surface area contributed by atoms with Gasteiger partial charge in [0.05, 0.1) is 0 Å². The number of pyridine rings is 1. The van der Waals surface area contributed by atoms with Gasteiger partial charge in [-0.15, -0.1) is 0 Å². The summed E-state index contributed by atoms with van der Waals surface area (Å²) in [7, 11) is 0.